The first-order valence-electron chi connectivity index (χ1n) is 9.33. The molecule has 4 rings (SSSR count). The zero-order valence-corrected chi connectivity index (χ0v) is 15.5. The maximum absolute atomic E-state index is 9.57. The molecule has 0 spiro atoms. The van der Waals surface area contributed by atoms with Crippen LogP contribution in [0.2, 0.25) is 0 Å². The predicted molar refractivity (Wildman–Crippen MR) is 107 cm³/mol. The smallest absolute Gasteiger partial charge is 0.167 e. The van der Waals surface area contributed by atoms with Gasteiger partial charge in [-0.05, 0) is 35.9 Å². The largest absolute Gasteiger partial charge is 0.492 e. The molecule has 0 N–H and O–H groups in total. The molecule has 2 heterocycles. The average Bonchev–Trinajstić information content (AvgIpc) is 3.18. The molecule has 1 aliphatic rings. The molecule has 6 heteroatoms. The number of allylic oxidation sites excluding steroid dienone is 1. The van der Waals surface area contributed by atoms with E-state index in [-0.39, 0.29) is 0 Å². The van der Waals surface area contributed by atoms with E-state index in [1.54, 1.807) is 0 Å². The van der Waals surface area contributed by atoms with E-state index in [0.29, 0.717) is 23.5 Å². The summed E-state index contributed by atoms with van der Waals surface area (Å²) in [6, 6.07) is 17.4. The third-order valence-corrected chi connectivity index (χ3v) is 4.72. The predicted octanol–water partition coefficient (Wildman–Crippen LogP) is 3.60. The van der Waals surface area contributed by atoms with Gasteiger partial charge < -0.3 is 14.0 Å². The van der Waals surface area contributed by atoms with Gasteiger partial charge in [0.15, 0.2) is 5.58 Å². The number of benzene rings is 2. The molecule has 0 saturated carbocycles. The van der Waals surface area contributed by atoms with Crippen molar-refractivity contribution in [3.8, 4) is 11.8 Å². The summed E-state index contributed by atoms with van der Waals surface area (Å²) >= 11 is 0. The highest BCUT2D eigenvalue weighted by Gasteiger charge is 2.12. The minimum Gasteiger partial charge on any atom is -0.492 e. The van der Waals surface area contributed by atoms with Gasteiger partial charge in [-0.15, -0.1) is 0 Å². The number of hydrogen-bond acceptors (Lipinski definition) is 6. The number of para-hydroxylation sites is 1. The Morgan fingerprint density at radius 1 is 1.14 bits per heavy atom. The quantitative estimate of drug-likeness (QED) is 0.613. The van der Waals surface area contributed by atoms with Crippen molar-refractivity contribution in [3.63, 3.8) is 0 Å². The van der Waals surface area contributed by atoms with Crippen LogP contribution < -0.4 is 4.74 Å². The first-order chi connectivity index (χ1) is 13.8. The van der Waals surface area contributed by atoms with Crippen LogP contribution in [0.15, 0.2) is 53.1 Å². The first kappa shape index (κ1) is 18.2. The van der Waals surface area contributed by atoms with Gasteiger partial charge in [-0.25, -0.2) is 0 Å². The van der Waals surface area contributed by atoms with Crippen LogP contribution in [0.3, 0.4) is 0 Å². The van der Waals surface area contributed by atoms with Crippen LogP contribution >= 0.6 is 0 Å². The standard InChI is InChI=1S/C22H21N3O3/c23-16-18(22-20-3-1-2-4-21(20)28-24-22)15-17-5-7-19(8-6-17)27-14-11-25-9-12-26-13-10-25/h1-8,15H,9-14H2/b18-15+. The van der Waals surface area contributed by atoms with Gasteiger partial charge in [-0.1, -0.05) is 29.4 Å². The highest BCUT2D eigenvalue weighted by atomic mass is 16.5. The Morgan fingerprint density at radius 3 is 2.71 bits per heavy atom. The van der Waals surface area contributed by atoms with E-state index in [4.69, 9.17) is 14.0 Å². The zero-order valence-electron chi connectivity index (χ0n) is 15.5. The number of rotatable bonds is 6. The Bertz CT molecular complexity index is 996. The van der Waals surface area contributed by atoms with Crippen molar-refractivity contribution >= 4 is 22.6 Å². The maximum atomic E-state index is 9.57. The van der Waals surface area contributed by atoms with Crippen LogP contribution in [0.4, 0.5) is 0 Å². The van der Waals surface area contributed by atoms with Gasteiger partial charge in [0.1, 0.15) is 24.1 Å². The van der Waals surface area contributed by atoms with Crippen molar-refractivity contribution in [2.24, 2.45) is 0 Å². The normalized spacial score (nSPS) is 15.5. The molecule has 1 aliphatic heterocycles. The first-order valence-corrected chi connectivity index (χ1v) is 9.33. The third-order valence-electron chi connectivity index (χ3n) is 4.72. The minimum atomic E-state index is 0.464. The molecular formula is C22H21N3O3. The van der Waals surface area contributed by atoms with Crippen molar-refractivity contribution in [2.45, 2.75) is 0 Å². The van der Waals surface area contributed by atoms with Crippen LogP contribution in [0.25, 0.3) is 22.6 Å². The Balaban J connectivity index is 1.42. The van der Waals surface area contributed by atoms with Crippen molar-refractivity contribution in [1.29, 1.82) is 5.26 Å². The molecule has 3 aromatic rings. The molecule has 142 valence electrons. The summed E-state index contributed by atoms with van der Waals surface area (Å²) in [5.41, 5.74) is 2.60. The van der Waals surface area contributed by atoms with Crippen LogP contribution in [0, 0.1) is 11.3 Å². The fourth-order valence-corrected chi connectivity index (χ4v) is 3.18. The summed E-state index contributed by atoms with van der Waals surface area (Å²) in [5.74, 6) is 0.816. The monoisotopic (exact) mass is 375 g/mol. The summed E-state index contributed by atoms with van der Waals surface area (Å²) < 4.78 is 16.5. The molecule has 0 atom stereocenters. The molecule has 1 aromatic heterocycles. The zero-order chi connectivity index (χ0) is 19.2. The van der Waals surface area contributed by atoms with E-state index < -0.39 is 0 Å². The lowest BCUT2D eigenvalue weighted by molar-refractivity contribution is 0.0322. The molecule has 0 radical (unpaired) electrons. The van der Waals surface area contributed by atoms with Gasteiger partial charge in [0.05, 0.1) is 24.2 Å². The van der Waals surface area contributed by atoms with Crippen molar-refractivity contribution in [3.05, 3.63) is 59.8 Å². The highest BCUT2D eigenvalue weighted by molar-refractivity contribution is 5.98. The minimum absolute atomic E-state index is 0.464. The van der Waals surface area contributed by atoms with E-state index in [9.17, 15) is 5.26 Å². The second-order valence-electron chi connectivity index (χ2n) is 6.57. The third kappa shape index (κ3) is 4.22. The molecule has 6 nitrogen and oxygen atoms in total. The Hall–Kier alpha value is -3.14. The van der Waals surface area contributed by atoms with Crippen LogP contribution in [-0.2, 0) is 4.74 Å². The number of morpholine rings is 1. The molecule has 0 bridgehead atoms. The van der Waals surface area contributed by atoms with Crippen molar-refractivity contribution in [1.82, 2.24) is 10.1 Å². The lowest BCUT2D eigenvalue weighted by Crippen LogP contribution is -2.38. The SMILES string of the molecule is N#C/C(=C\c1ccc(OCCN2CCOCC2)cc1)c1noc2ccccc12. The number of fused-ring (bicyclic) bond motifs is 1. The van der Waals surface area contributed by atoms with E-state index in [1.807, 2.05) is 54.6 Å². The number of hydrogen-bond donors (Lipinski definition) is 0. The Labute approximate surface area is 163 Å². The summed E-state index contributed by atoms with van der Waals surface area (Å²) in [6.07, 6.45) is 1.81. The van der Waals surface area contributed by atoms with E-state index in [1.165, 1.54) is 0 Å². The molecule has 2 aromatic carbocycles. The second-order valence-corrected chi connectivity index (χ2v) is 6.57. The summed E-state index contributed by atoms with van der Waals surface area (Å²) in [7, 11) is 0. The van der Waals surface area contributed by atoms with Crippen molar-refractivity contribution in [2.75, 3.05) is 39.5 Å². The Morgan fingerprint density at radius 2 is 1.93 bits per heavy atom. The lowest BCUT2D eigenvalue weighted by Gasteiger charge is -2.26. The van der Waals surface area contributed by atoms with Gasteiger partial charge in [0.25, 0.3) is 0 Å². The molecule has 0 amide bonds. The lowest BCUT2D eigenvalue weighted by atomic mass is 10.1. The second kappa shape index (κ2) is 8.70. The molecule has 0 aliphatic carbocycles. The number of nitrogens with zero attached hydrogens (tertiary/aromatic N) is 3. The van der Waals surface area contributed by atoms with Crippen LogP contribution in [0.1, 0.15) is 11.3 Å². The van der Waals surface area contributed by atoms with Gasteiger partial charge >= 0.3 is 0 Å². The Kier molecular flexibility index (Phi) is 5.66. The van der Waals surface area contributed by atoms with Crippen molar-refractivity contribution < 1.29 is 14.0 Å². The fraction of sp³-hybridized carbons (Fsp3) is 0.273. The van der Waals surface area contributed by atoms with Crippen LogP contribution in [0.5, 0.6) is 5.75 Å². The van der Waals surface area contributed by atoms with Crippen LogP contribution in [-0.4, -0.2) is 49.5 Å². The number of nitriles is 1. The van der Waals surface area contributed by atoms with E-state index >= 15 is 0 Å². The molecule has 1 fully saturated rings. The van der Waals surface area contributed by atoms with E-state index in [0.717, 1.165) is 49.5 Å². The molecule has 0 unspecified atom stereocenters. The molecular weight excluding hydrogens is 354 g/mol. The number of ether oxygens (including phenoxy) is 2. The fourth-order valence-electron chi connectivity index (χ4n) is 3.18. The highest BCUT2D eigenvalue weighted by Crippen LogP contribution is 2.26. The number of aromatic nitrogens is 1. The van der Waals surface area contributed by atoms with Gasteiger partial charge in [-0.2, -0.15) is 5.26 Å². The molecule has 1 saturated heterocycles. The summed E-state index contributed by atoms with van der Waals surface area (Å²) in [4.78, 5) is 2.34. The summed E-state index contributed by atoms with van der Waals surface area (Å²) in [5, 5.41) is 14.5. The van der Waals surface area contributed by atoms with E-state index in [2.05, 4.69) is 16.1 Å². The van der Waals surface area contributed by atoms with Gasteiger partial charge in [-0.3, -0.25) is 4.90 Å². The van der Waals surface area contributed by atoms with Gasteiger partial charge in [0, 0.05) is 19.6 Å². The maximum Gasteiger partial charge on any atom is 0.167 e. The van der Waals surface area contributed by atoms with Gasteiger partial charge in [0.2, 0.25) is 0 Å². The topological polar surface area (TPSA) is 71.5 Å². The molecule has 28 heavy (non-hydrogen) atoms. The summed E-state index contributed by atoms with van der Waals surface area (Å²) in [6.45, 7) is 5.04. The average molecular weight is 375 g/mol.